The van der Waals surface area contributed by atoms with Crippen LogP contribution < -0.4 is 0 Å². The van der Waals surface area contributed by atoms with Crippen LogP contribution >= 0.6 is 24.0 Å². The lowest BCUT2D eigenvalue weighted by molar-refractivity contribution is -0.140. The summed E-state index contributed by atoms with van der Waals surface area (Å²) in [5, 5.41) is 0. The van der Waals surface area contributed by atoms with Gasteiger partial charge in [0.15, 0.2) is 0 Å². The van der Waals surface area contributed by atoms with Crippen LogP contribution in [0.3, 0.4) is 0 Å². The number of carbonyl (C=O) groups excluding carboxylic acids is 1. The Balaban J connectivity index is 2.45. The molecule has 0 saturated heterocycles. The third-order valence-electron chi connectivity index (χ3n) is 1.52. The third kappa shape index (κ3) is 3.36. The highest BCUT2D eigenvalue weighted by Gasteiger charge is 2.05. The first-order valence-electron chi connectivity index (χ1n) is 3.88. The van der Waals surface area contributed by atoms with E-state index in [-0.39, 0.29) is 5.97 Å². The maximum absolute atomic E-state index is 10.5. The number of nitrogens with zero attached hydrogens (tertiary/aromatic N) is 1. The summed E-state index contributed by atoms with van der Waals surface area (Å²) in [6, 6.07) is 0. The largest absolute Gasteiger partial charge is 0.465 e. The molecule has 0 saturated carbocycles. The Morgan fingerprint density at radius 2 is 2.38 bits per heavy atom. The first kappa shape index (κ1) is 10.5. The van der Waals surface area contributed by atoms with Gasteiger partial charge in [0.05, 0.1) is 12.3 Å². The summed E-state index contributed by atoms with van der Waals surface area (Å²) in [7, 11) is 0. The molecule has 0 radical (unpaired) electrons. The van der Waals surface area contributed by atoms with Crippen LogP contribution in [0.1, 0.15) is 17.5 Å². The third-order valence-corrected chi connectivity index (χ3v) is 2.91. The highest BCUT2D eigenvalue weighted by Crippen LogP contribution is 2.20. The van der Waals surface area contributed by atoms with Gasteiger partial charge in [-0.15, -0.1) is 24.0 Å². The molecule has 72 valence electrons. The molecule has 0 bridgehead atoms. The molecular weight excluding hydrogens is 206 g/mol. The molecule has 5 heteroatoms. The zero-order valence-electron chi connectivity index (χ0n) is 7.53. The molecule has 1 aromatic heterocycles. The van der Waals surface area contributed by atoms with Crippen LogP contribution in [0.4, 0.5) is 0 Å². The van der Waals surface area contributed by atoms with Gasteiger partial charge in [0.25, 0.3) is 0 Å². The Morgan fingerprint density at radius 1 is 1.69 bits per heavy atom. The van der Waals surface area contributed by atoms with Crippen molar-refractivity contribution in [2.24, 2.45) is 0 Å². The molecular formula is C8H11NO2S2. The van der Waals surface area contributed by atoms with E-state index in [1.165, 1.54) is 18.3 Å². The van der Waals surface area contributed by atoms with Gasteiger partial charge in [0, 0.05) is 18.2 Å². The summed E-state index contributed by atoms with van der Waals surface area (Å²) in [5.74, 6) is -0.242. The second kappa shape index (κ2) is 4.62. The Kier molecular flexibility index (Phi) is 3.74. The molecule has 1 rings (SSSR count). The molecule has 0 spiro atoms. The number of ether oxygens (including phenoxy) is 1. The van der Waals surface area contributed by atoms with E-state index in [1.807, 2.05) is 6.92 Å². The van der Waals surface area contributed by atoms with E-state index in [0.29, 0.717) is 6.61 Å². The zero-order valence-corrected chi connectivity index (χ0v) is 9.24. The van der Waals surface area contributed by atoms with Gasteiger partial charge in [0.1, 0.15) is 4.34 Å². The highest BCUT2D eigenvalue weighted by molar-refractivity contribution is 7.82. The maximum atomic E-state index is 10.5. The number of rotatable bonds is 3. The van der Waals surface area contributed by atoms with Gasteiger partial charge in [-0.05, 0) is 6.92 Å². The quantitative estimate of drug-likeness (QED) is 0.620. The molecule has 0 amide bonds. The van der Waals surface area contributed by atoms with Crippen LogP contribution in [0.5, 0.6) is 0 Å². The van der Waals surface area contributed by atoms with Gasteiger partial charge < -0.3 is 4.74 Å². The number of aryl methyl sites for hydroxylation is 1. The number of hydrogen-bond acceptors (Lipinski definition) is 5. The molecule has 0 aliphatic carbocycles. The van der Waals surface area contributed by atoms with Crippen LogP contribution in [-0.2, 0) is 16.0 Å². The second-order valence-electron chi connectivity index (χ2n) is 2.60. The number of hydrogen-bond donors (Lipinski definition) is 1. The minimum Gasteiger partial charge on any atom is -0.465 e. The van der Waals surface area contributed by atoms with Crippen LogP contribution in [0.2, 0.25) is 0 Å². The summed E-state index contributed by atoms with van der Waals surface area (Å²) in [4.78, 5) is 15.8. The molecule has 0 unspecified atom stereocenters. The molecule has 0 atom stereocenters. The predicted molar refractivity (Wildman–Crippen MR) is 54.4 cm³/mol. The van der Waals surface area contributed by atoms with Crippen molar-refractivity contribution in [3.8, 4) is 0 Å². The molecule has 13 heavy (non-hydrogen) atoms. The van der Waals surface area contributed by atoms with Gasteiger partial charge in [-0.3, -0.25) is 4.79 Å². The van der Waals surface area contributed by atoms with E-state index in [1.54, 1.807) is 0 Å². The molecule has 3 nitrogen and oxygen atoms in total. The van der Waals surface area contributed by atoms with Gasteiger partial charge in [-0.1, -0.05) is 0 Å². The average molecular weight is 217 g/mol. The van der Waals surface area contributed by atoms with Gasteiger partial charge in [-0.25, -0.2) is 4.98 Å². The Labute approximate surface area is 86.5 Å². The lowest BCUT2D eigenvalue weighted by Gasteiger charge is -1.99. The summed E-state index contributed by atoms with van der Waals surface area (Å²) in [5.41, 5.74) is 0.974. The van der Waals surface area contributed by atoms with E-state index >= 15 is 0 Å². The number of thiazole rings is 1. The van der Waals surface area contributed by atoms with Crippen molar-refractivity contribution in [3.63, 3.8) is 0 Å². The van der Waals surface area contributed by atoms with Crippen LogP contribution in [0, 0.1) is 6.92 Å². The molecule has 0 fully saturated rings. The highest BCUT2D eigenvalue weighted by atomic mass is 32.2. The topological polar surface area (TPSA) is 39.2 Å². The fourth-order valence-corrected chi connectivity index (χ4v) is 2.19. The lowest BCUT2D eigenvalue weighted by Crippen LogP contribution is -2.02. The average Bonchev–Trinajstić information content (AvgIpc) is 2.29. The number of esters is 1. The van der Waals surface area contributed by atoms with Crippen molar-refractivity contribution in [1.82, 2.24) is 4.98 Å². The van der Waals surface area contributed by atoms with Crippen molar-refractivity contribution in [2.45, 2.75) is 24.6 Å². The number of aromatic nitrogens is 1. The van der Waals surface area contributed by atoms with E-state index < -0.39 is 0 Å². The van der Waals surface area contributed by atoms with E-state index in [9.17, 15) is 4.79 Å². The standard InChI is InChI=1S/C8H11NO2S2/c1-5-7(13-8(12)9-5)3-4-11-6(2)10/h3-4H2,1-2H3,(H,9,12). The number of thiol groups is 1. The van der Waals surface area contributed by atoms with Crippen molar-refractivity contribution in [2.75, 3.05) is 6.61 Å². The SMILES string of the molecule is CC(=O)OCCc1sc(S)nc1C. The Morgan fingerprint density at radius 3 is 2.85 bits per heavy atom. The molecule has 0 aromatic carbocycles. The minimum atomic E-state index is -0.242. The normalized spacial score (nSPS) is 10.1. The van der Waals surface area contributed by atoms with Crippen molar-refractivity contribution in [1.29, 1.82) is 0 Å². The fraction of sp³-hybridized carbons (Fsp3) is 0.500. The van der Waals surface area contributed by atoms with Crippen LogP contribution in [0.15, 0.2) is 4.34 Å². The summed E-state index contributed by atoms with van der Waals surface area (Å²) in [6.07, 6.45) is 0.726. The van der Waals surface area contributed by atoms with E-state index in [2.05, 4.69) is 17.6 Å². The monoisotopic (exact) mass is 217 g/mol. The number of carbonyl (C=O) groups is 1. The fourth-order valence-electron chi connectivity index (χ4n) is 0.932. The van der Waals surface area contributed by atoms with Crippen molar-refractivity contribution in [3.05, 3.63) is 10.6 Å². The van der Waals surface area contributed by atoms with Crippen LogP contribution in [-0.4, -0.2) is 17.6 Å². The Bertz CT molecular complexity index is 309. The molecule has 1 aromatic rings. The predicted octanol–water partition coefficient (Wildman–Crippen LogP) is 1.85. The Hall–Kier alpha value is -0.550. The minimum absolute atomic E-state index is 0.242. The summed E-state index contributed by atoms with van der Waals surface area (Å²) in [6.45, 7) is 3.76. The van der Waals surface area contributed by atoms with Gasteiger partial charge >= 0.3 is 5.97 Å². The summed E-state index contributed by atoms with van der Waals surface area (Å²) < 4.78 is 5.58. The van der Waals surface area contributed by atoms with Crippen molar-refractivity contribution < 1.29 is 9.53 Å². The molecule has 0 aliphatic heterocycles. The lowest BCUT2D eigenvalue weighted by atomic mass is 10.3. The van der Waals surface area contributed by atoms with Gasteiger partial charge in [0.2, 0.25) is 0 Å². The van der Waals surface area contributed by atoms with Crippen LogP contribution in [0.25, 0.3) is 0 Å². The molecule has 1 heterocycles. The molecule has 0 N–H and O–H groups in total. The first-order valence-corrected chi connectivity index (χ1v) is 5.14. The van der Waals surface area contributed by atoms with Gasteiger partial charge in [-0.2, -0.15) is 0 Å². The summed E-state index contributed by atoms with van der Waals surface area (Å²) >= 11 is 5.67. The zero-order chi connectivity index (χ0) is 9.84. The second-order valence-corrected chi connectivity index (χ2v) is 4.40. The first-order chi connectivity index (χ1) is 6.09. The van der Waals surface area contributed by atoms with E-state index in [0.717, 1.165) is 21.3 Å². The van der Waals surface area contributed by atoms with Crippen molar-refractivity contribution >= 4 is 29.9 Å². The molecule has 0 aliphatic rings. The smallest absolute Gasteiger partial charge is 0.302 e. The maximum Gasteiger partial charge on any atom is 0.302 e. The van der Waals surface area contributed by atoms with E-state index in [4.69, 9.17) is 4.74 Å².